The van der Waals surface area contributed by atoms with Gasteiger partial charge in [0.15, 0.2) is 6.39 Å². The van der Waals surface area contributed by atoms with Crippen LogP contribution in [0.2, 0.25) is 0 Å². The average molecular weight is 380 g/mol. The molecule has 0 spiro atoms. The Morgan fingerprint density at radius 2 is 2.07 bits per heavy atom. The molecule has 0 unspecified atom stereocenters. The number of nitrogens with zero attached hydrogens (tertiary/aromatic N) is 2. The summed E-state index contributed by atoms with van der Waals surface area (Å²) < 4.78 is 50.0. The van der Waals surface area contributed by atoms with Crippen molar-refractivity contribution < 1.29 is 27.1 Å². The van der Waals surface area contributed by atoms with Gasteiger partial charge in [-0.2, -0.15) is 13.2 Å². The zero-order chi connectivity index (χ0) is 19.2. The van der Waals surface area contributed by atoms with Gasteiger partial charge >= 0.3 is 6.18 Å². The number of benzene rings is 1. The first-order valence-corrected chi connectivity index (χ1v) is 8.87. The number of aromatic nitrogens is 1. The van der Waals surface area contributed by atoms with E-state index in [0.717, 1.165) is 25.0 Å². The third-order valence-corrected chi connectivity index (χ3v) is 5.03. The van der Waals surface area contributed by atoms with Crippen LogP contribution in [0.5, 0.6) is 0 Å². The number of oxazole rings is 1. The molecule has 4 rings (SSSR count). The highest BCUT2D eigenvalue weighted by atomic mass is 19.4. The fourth-order valence-electron chi connectivity index (χ4n) is 3.35. The smallest absolute Gasteiger partial charge is 0.416 e. The third kappa shape index (κ3) is 3.58. The minimum absolute atomic E-state index is 0.159. The molecule has 8 heteroatoms. The SMILES string of the molecule is C[C@H]1CO[C@H](c2cccc(C(F)(F)F)c2)CN1C(=O)c1ocnc1C1CC1. The van der Waals surface area contributed by atoms with Gasteiger partial charge in [-0.25, -0.2) is 4.98 Å². The lowest BCUT2D eigenvalue weighted by Crippen LogP contribution is -2.48. The van der Waals surface area contributed by atoms with Crippen molar-refractivity contribution in [2.75, 3.05) is 13.2 Å². The van der Waals surface area contributed by atoms with E-state index in [4.69, 9.17) is 9.15 Å². The Kier molecular flexibility index (Phi) is 4.46. The maximum atomic E-state index is 13.0. The standard InChI is InChI=1S/C19H19F3N2O3/c1-11-9-26-15(13-3-2-4-14(7-13)19(20,21)22)8-24(11)18(25)17-16(12-5-6-12)23-10-27-17/h2-4,7,10-12,15H,5-6,8-9H2,1H3/t11-,15-/m0/s1. The highest BCUT2D eigenvalue weighted by Gasteiger charge is 2.38. The lowest BCUT2D eigenvalue weighted by molar-refractivity contribution is -0.137. The van der Waals surface area contributed by atoms with Crippen molar-refractivity contribution in [3.05, 3.63) is 53.2 Å². The topological polar surface area (TPSA) is 55.6 Å². The molecule has 1 saturated carbocycles. The van der Waals surface area contributed by atoms with Crippen LogP contribution in [-0.4, -0.2) is 35.0 Å². The Morgan fingerprint density at radius 3 is 2.78 bits per heavy atom. The zero-order valence-corrected chi connectivity index (χ0v) is 14.7. The second-order valence-corrected chi connectivity index (χ2v) is 7.09. The molecule has 0 N–H and O–H groups in total. The molecule has 1 saturated heterocycles. The van der Waals surface area contributed by atoms with Crippen LogP contribution >= 0.6 is 0 Å². The highest BCUT2D eigenvalue weighted by molar-refractivity contribution is 5.93. The van der Waals surface area contributed by atoms with Gasteiger partial charge in [-0.1, -0.05) is 12.1 Å². The Hall–Kier alpha value is -2.35. The molecule has 1 aromatic heterocycles. The maximum absolute atomic E-state index is 13.0. The number of amides is 1. The van der Waals surface area contributed by atoms with Crippen molar-refractivity contribution in [1.29, 1.82) is 0 Å². The van der Waals surface area contributed by atoms with E-state index in [0.29, 0.717) is 11.3 Å². The largest absolute Gasteiger partial charge is 0.438 e. The molecule has 144 valence electrons. The Morgan fingerprint density at radius 1 is 1.30 bits per heavy atom. The van der Waals surface area contributed by atoms with Crippen molar-refractivity contribution in [3.8, 4) is 0 Å². The quantitative estimate of drug-likeness (QED) is 0.802. The molecule has 2 aromatic rings. The minimum atomic E-state index is -4.42. The number of hydrogen-bond acceptors (Lipinski definition) is 4. The van der Waals surface area contributed by atoms with Gasteiger partial charge in [0.2, 0.25) is 5.76 Å². The minimum Gasteiger partial charge on any atom is -0.438 e. The fraction of sp³-hybridized carbons (Fsp3) is 0.474. The molecule has 2 atom stereocenters. The van der Waals surface area contributed by atoms with E-state index in [1.165, 1.54) is 12.5 Å². The number of alkyl halides is 3. The number of hydrogen-bond donors (Lipinski definition) is 0. The van der Waals surface area contributed by atoms with Crippen LogP contribution in [0.3, 0.4) is 0 Å². The molecule has 1 aromatic carbocycles. The lowest BCUT2D eigenvalue weighted by Gasteiger charge is -2.38. The summed E-state index contributed by atoms with van der Waals surface area (Å²) in [6.45, 7) is 2.24. The van der Waals surface area contributed by atoms with Crippen LogP contribution < -0.4 is 0 Å². The highest BCUT2D eigenvalue weighted by Crippen LogP contribution is 2.41. The third-order valence-electron chi connectivity index (χ3n) is 5.03. The molecule has 0 radical (unpaired) electrons. The molecule has 0 bridgehead atoms. The van der Waals surface area contributed by atoms with Gasteiger partial charge in [0.1, 0.15) is 6.10 Å². The van der Waals surface area contributed by atoms with Crippen molar-refractivity contribution in [1.82, 2.24) is 9.88 Å². The first kappa shape index (κ1) is 18.0. The molecule has 1 amide bonds. The molecule has 2 heterocycles. The van der Waals surface area contributed by atoms with Crippen LogP contribution in [0, 0.1) is 0 Å². The maximum Gasteiger partial charge on any atom is 0.416 e. The van der Waals surface area contributed by atoms with Crippen LogP contribution in [0.1, 0.15) is 59.2 Å². The monoisotopic (exact) mass is 380 g/mol. The Balaban J connectivity index is 1.56. The zero-order valence-electron chi connectivity index (χ0n) is 14.7. The average Bonchev–Trinajstić information content (AvgIpc) is 3.37. The molecular weight excluding hydrogens is 361 g/mol. The summed E-state index contributed by atoms with van der Waals surface area (Å²) in [6.07, 6.45) is -1.81. The first-order chi connectivity index (χ1) is 12.8. The fourth-order valence-corrected chi connectivity index (χ4v) is 3.35. The van der Waals surface area contributed by atoms with Crippen LogP contribution in [-0.2, 0) is 10.9 Å². The Bertz CT molecular complexity index is 845. The normalized spacial score (nSPS) is 23.5. The van der Waals surface area contributed by atoms with Gasteiger partial charge in [-0.3, -0.25) is 4.79 Å². The van der Waals surface area contributed by atoms with Gasteiger partial charge in [0, 0.05) is 5.92 Å². The summed E-state index contributed by atoms with van der Waals surface area (Å²) in [5, 5.41) is 0. The number of ether oxygens (including phenoxy) is 1. The summed E-state index contributed by atoms with van der Waals surface area (Å²) >= 11 is 0. The number of carbonyl (C=O) groups excluding carboxylic acids is 1. The van der Waals surface area contributed by atoms with Crippen molar-refractivity contribution >= 4 is 5.91 Å². The molecule has 2 aliphatic rings. The van der Waals surface area contributed by atoms with Crippen molar-refractivity contribution in [2.45, 2.75) is 44.0 Å². The number of rotatable bonds is 3. The molecule has 2 fully saturated rings. The first-order valence-electron chi connectivity index (χ1n) is 8.87. The second kappa shape index (κ2) is 6.67. The second-order valence-electron chi connectivity index (χ2n) is 7.09. The van der Waals surface area contributed by atoms with Gasteiger partial charge in [-0.05, 0) is 37.5 Å². The van der Waals surface area contributed by atoms with E-state index in [-0.39, 0.29) is 36.8 Å². The number of carbonyl (C=O) groups is 1. The predicted molar refractivity (Wildman–Crippen MR) is 89.1 cm³/mol. The molecule has 1 aliphatic carbocycles. The summed E-state index contributed by atoms with van der Waals surface area (Å²) in [5.41, 5.74) is 0.343. The van der Waals surface area contributed by atoms with Crippen molar-refractivity contribution in [2.24, 2.45) is 0 Å². The summed E-state index contributed by atoms with van der Waals surface area (Å²) in [5.74, 6) is 0.203. The lowest BCUT2D eigenvalue weighted by atomic mass is 10.0. The molecule has 1 aliphatic heterocycles. The summed E-state index contributed by atoms with van der Waals surface area (Å²) in [7, 11) is 0. The Labute approximate surface area is 154 Å². The summed E-state index contributed by atoms with van der Waals surface area (Å²) in [6, 6.07) is 4.83. The van der Waals surface area contributed by atoms with Crippen LogP contribution in [0.15, 0.2) is 35.1 Å². The number of morpholine rings is 1. The van der Waals surface area contributed by atoms with E-state index in [1.807, 2.05) is 6.92 Å². The van der Waals surface area contributed by atoms with Gasteiger partial charge in [-0.15, -0.1) is 0 Å². The van der Waals surface area contributed by atoms with Gasteiger partial charge in [0.05, 0.1) is 30.5 Å². The van der Waals surface area contributed by atoms with Gasteiger partial charge < -0.3 is 14.1 Å². The molecule has 27 heavy (non-hydrogen) atoms. The summed E-state index contributed by atoms with van der Waals surface area (Å²) in [4.78, 5) is 18.7. The van der Waals surface area contributed by atoms with Crippen LogP contribution in [0.25, 0.3) is 0 Å². The van der Waals surface area contributed by atoms with E-state index in [1.54, 1.807) is 11.0 Å². The van der Waals surface area contributed by atoms with Crippen molar-refractivity contribution in [3.63, 3.8) is 0 Å². The van der Waals surface area contributed by atoms with Gasteiger partial charge in [0.25, 0.3) is 5.91 Å². The van der Waals surface area contributed by atoms with E-state index in [2.05, 4.69) is 4.98 Å². The molecule has 5 nitrogen and oxygen atoms in total. The van der Waals surface area contributed by atoms with E-state index < -0.39 is 17.8 Å². The van der Waals surface area contributed by atoms with Crippen LogP contribution in [0.4, 0.5) is 13.2 Å². The van der Waals surface area contributed by atoms with E-state index in [9.17, 15) is 18.0 Å². The molecular formula is C19H19F3N2O3. The predicted octanol–water partition coefficient (Wildman–Crippen LogP) is 4.17. The number of halogens is 3. The van der Waals surface area contributed by atoms with E-state index >= 15 is 0 Å².